The second-order valence-corrected chi connectivity index (χ2v) is 6.10. The molecule has 0 aliphatic heterocycles. The van der Waals surface area contributed by atoms with E-state index in [-0.39, 0.29) is 11.4 Å². The highest BCUT2D eigenvalue weighted by Gasteiger charge is 2.10. The minimum absolute atomic E-state index is 0.0238. The van der Waals surface area contributed by atoms with Crippen LogP contribution in [0.2, 0.25) is 0 Å². The zero-order valence-corrected chi connectivity index (χ0v) is 15.0. The van der Waals surface area contributed by atoms with Gasteiger partial charge in [-0.25, -0.2) is 10.4 Å². The van der Waals surface area contributed by atoms with E-state index in [2.05, 4.69) is 15.5 Å². The van der Waals surface area contributed by atoms with Crippen LogP contribution >= 0.6 is 0 Å². The molecule has 1 N–H and O–H groups in total. The lowest BCUT2D eigenvalue weighted by Crippen LogP contribution is -2.18. The van der Waals surface area contributed by atoms with Gasteiger partial charge in [0.25, 0.3) is 11.6 Å². The van der Waals surface area contributed by atoms with Crippen LogP contribution in [0.15, 0.2) is 82.3 Å². The van der Waals surface area contributed by atoms with Crippen LogP contribution < -0.4 is 5.43 Å². The maximum Gasteiger partial charge on any atom is 0.289 e. The molecule has 0 atom stereocenters. The highest BCUT2D eigenvalue weighted by Crippen LogP contribution is 2.25. The zero-order chi connectivity index (χ0) is 20.2. The maximum atomic E-state index is 12.2. The van der Waals surface area contributed by atoms with E-state index in [1.807, 2.05) is 30.3 Å². The number of benzene rings is 2. The van der Waals surface area contributed by atoms with Crippen molar-refractivity contribution < 1.29 is 14.1 Å². The van der Waals surface area contributed by atoms with Gasteiger partial charge >= 0.3 is 0 Å². The fourth-order valence-corrected chi connectivity index (χ4v) is 2.75. The molecule has 0 aliphatic rings. The average molecular weight is 386 g/mol. The fraction of sp³-hybridized carbons (Fsp3) is 0. The van der Waals surface area contributed by atoms with Crippen molar-refractivity contribution in [3.63, 3.8) is 0 Å². The SMILES string of the molecule is O=C(N/N=C/c1ccc(-c2cccc([N+](=O)[O-])c2)o1)c1ccc2ccccc2n1. The summed E-state index contributed by atoms with van der Waals surface area (Å²) in [4.78, 5) is 27.0. The number of nitro benzene ring substituents is 1. The molecule has 2 heterocycles. The lowest BCUT2D eigenvalue weighted by Gasteiger charge is -2.01. The van der Waals surface area contributed by atoms with E-state index in [0.717, 1.165) is 10.9 Å². The lowest BCUT2D eigenvalue weighted by molar-refractivity contribution is -0.384. The van der Waals surface area contributed by atoms with E-state index in [1.165, 1.54) is 18.3 Å². The van der Waals surface area contributed by atoms with E-state index < -0.39 is 10.8 Å². The fourth-order valence-electron chi connectivity index (χ4n) is 2.75. The molecule has 2 aromatic heterocycles. The van der Waals surface area contributed by atoms with Crippen LogP contribution in [0, 0.1) is 10.1 Å². The molecule has 0 saturated carbocycles. The zero-order valence-electron chi connectivity index (χ0n) is 15.0. The molecule has 0 aliphatic carbocycles. The predicted octanol–water partition coefficient (Wildman–Crippen LogP) is 4.17. The summed E-state index contributed by atoms with van der Waals surface area (Å²) in [6, 6.07) is 20.4. The lowest BCUT2D eigenvalue weighted by atomic mass is 10.1. The molecule has 4 aromatic rings. The molecular formula is C21H14N4O4. The van der Waals surface area contributed by atoms with Crippen molar-refractivity contribution in [2.75, 3.05) is 0 Å². The first-order valence-corrected chi connectivity index (χ1v) is 8.64. The molecule has 2 aromatic carbocycles. The highest BCUT2D eigenvalue weighted by molar-refractivity contribution is 5.95. The molecule has 0 saturated heterocycles. The number of carbonyl (C=O) groups excluding carboxylic acids is 1. The number of furan rings is 1. The summed E-state index contributed by atoms with van der Waals surface area (Å²) in [5, 5.41) is 15.7. The Labute approximate surface area is 164 Å². The molecule has 29 heavy (non-hydrogen) atoms. The number of non-ortho nitro benzene ring substituents is 1. The number of pyridine rings is 1. The number of fused-ring (bicyclic) bond motifs is 1. The number of hydrazone groups is 1. The van der Waals surface area contributed by atoms with Crippen LogP contribution in [0.4, 0.5) is 5.69 Å². The second kappa shape index (κ2) is 7.73. The first kappa shape index (κ1) is 18.1. The van der Waals surface area contributed by atoms with Crippen LogP contribution in [-0.4, -0.2) is 22.0 Å². The summed E-state index contributed by atoms with van der Waals surface area (Å²) in [6.07, 6.45) is 1.35. The number of amides is 1. The number of nitrogens with one attached hydrogen (secondary N) is 1. The third kappa shape index (κ3) is 4.01. The Morgan fingerprint density at radius 1 is 1.07 bits per heavy atom. The van der Waals surface area contributed by atoms with Crippen LogP contribution in [0.25, 0.3) is 22.2 Å². The van der Waals surface area contributed by atoms with Crippen LogP contribution in [0.5, 0.6) is 0 Å². The van der Waals surface area contributed by atoms with Gasteiger partial charge in [-0.05, 0) is 24.3 Å². The summed E-state index contributed by atoms with van der Waals surface area (Å²) in [7, 11) is 0. The first-order valence-electron chi connectivity index (χ1n) is 8.64. The highest BCUT2D eigenvalue weighted by atomic mass is 16.6. The van der Waals surface area contributed by atoms with Crippen LogP contribution in [0.1, 0.15) is 16.2 Å². The molecule has 0 spiro atoms. The Kier molecular flexibility index (Phi) is 4.81. The number of hydrogen-bond acceptors (Lipinski definition) is 6. The van der Waals surface area contributed by atoms with Crippen molar-refractivity contribution in [1.82, 2.24) is 10.4 Å². The van der Waals surface area contributed by atoms with E-state index in [0.29, 0.717) is 17.1 Å². The number of rotatable bonds is 5. The molecular weight excluding hydrogens is 372 g/mol. The van der Waals surface area contributed by atoms with Crippen LogP contribution in [0.3, 0.4) is 0 Å². The molecule has 8 nitrogen and oxygen atoms in total. The number of carbonyl (C=O) groups is 1. The summed E-state index contributed by atoms with van der Waals surface area (Å²) < 4.78 is 5.61. The van der Waals surface area contributed by atoms with Gasteiger partial charge in [0.05, 0.1) is 16.7 Å². The summed E-state index contributed by atoms with van der Waals surface area (Å²) in [5.74, 6) is 0.397. The van der Waals surface area contributed by atoms with Gasteiger partial charge in [0, 0.05) is 23.1 Å². The van der Waals surface area contributed by atoms with E-state index in [9.17, 15) is 14.9 Å². The maximum absolute atomic E-state index is 12.2. The van der Waals surface area contributed by atoms with Gasteiger partial charge in [0.15, 0.2) is 0 Å². The molecule has 0 fully saturated rings. The summed E-state index contributed by atoms with van der Waals surface area (Å²) in [5.41, 5.74) is 3.92. The van der Waals surface area contributed by atoms with Gasteiger partial charge in [-0.15, -0.1) is 0 Å². The number of nitrogens with zero attached hydrogens (tertiary/aromatic N) is 3. The van der Waals surface area contributed by atoms with Gasteiger partial charge in [-0.3, -0.25) is 14.9 Å². The molecule has 4 rings (SSSR count). The molecule has 8 heteroatoms. The van der Waals surface area contributed by atoms with Gasteiger partial charge in [0.2, 0.25) is 0 Å². The van der Waals surface area contributed by atoms with E-state index in [4.69, 9.17) is 4.42 Å². The van der Waals surface area contributed by atoms with Crippen molar-refractivity contribution in [2.45, 2.75) is 0 Å². The standard InChI is InChI=1S/C21H14N4O4/c26-21(19-10-8-14-4-1-2-7-18(14)23-19)24-22-13-17-9-11-20(29-17)15-5-3-6-16(12-15)25(27)28/h1-13H,(H,24,26)/b22-13+. The Hall–Kier alpha value is -4.33. The second-order valence-electron chi connectivity index (χ2n) is 6.10. The molecule has 1 amide bonds. The molecule has 142 valence electrons. The number of nitro groups is 1. The van der Waals surface area contributed by atoms with E-state index >= 15 is 0 Å². The van der Waals surface area contributed by atoms with Gasteiger partial charge in [-0.2, -0.15) is 5.10 Å². The summed E-state index contributed by atoms with van der Waals surface area (Å²) in [6.45, 7) is 0. The third-order valence-electron chi connectivity index (χ3n) is 4.16. The first-order chi connectivity index (χ1) is 14.1. The quantitative estimate of drug-likeness (QED) is 0.314. The largest absolute Gasteiger partial charge is 0.455 e. The van der Waals surface area contributed by atoms with Crippen molar-refractivity contribution in [1.29, 1.82) is 0 Å². The van der Waals surface area contributed by atoms with Gasteiger partial charge < -0.3 is 4.42 Å². The normalized spacial score (nSPS) is 11.0. The van der Waals surface area contributed by atoms with Crippen molar-refractivity contribution in [3.8, 4) is 11.3 Å². The van der Waals surface area contributed by atoms with Crippen molar-refractivity contribution >= 4 is 28.7 Å². The van der Waals surface area contributed by atoms with Gasteiger partial charge in [0.1, 0.15) is 17.2 Å². The number of para-hydroxylation sites is 1. The molecule has 0 unspecified atom stereocenters. The molecule has 0 bridgehead atoms. The Bertz CT molecular complexity index is 1250. The number of aromatic nitrogens is 1. The van der Waals surface area contributed by atoms with E-state index in [1.54, 1.807) is 30.3 Å². The average Bonchev–Trinajstić information content (AvgIpc) is 3.22. The van der Waals surface area contributed by atoms with Crippen molar-refractivity contribution in [2.24, 2.45) is 5.10 Å². The van der Waals surface area contributed by atoms with Crippen molar-refractivity contribution in [3.05, 3.63) is 94.4 Å². The predicted molar refractivity (Wildman–Crippen MR) is 108 cm³/mol. The minimum Gasteiger partial charge on any atom is -0.455 e. The van der Waals surface area contributed by atoms with Crippen LogP contribution in [-0.2, 0) is 0 Å². The van der Waals surface area contributed by atoms with Gasteiger partial charge in [-0.1, -0.05) is 36.4 Å². The third-order valence-corrected chi connectivity index (χ3v) is 4.16. The smallest absolute Gasteiger partial charge is 0.289 e. The minimum atomic E-state index is -0.467. The monoisotopic (exact) mass is 386 g/mol. The Morgan fingerprint density at radius 2 is 1.93 bits per heavy atom. The molecule has 0 radical (unpaired) electrons. The number of hydrogen-bond donors (Lipinski definition) is 1. The Balaban J connectivity index is 1.45. The topological polar surface area (TPSA) is 111 Å². The summed E-state index contributed by atoms with van der Waals surface area (Å²) >= 11 is 0. The Morgan fingerprint density at radius 3 is 2.79 bits per heavy atom.